The second kappa shape index (κ2) is 5.86. The van der Waals surface area contributed by atoms with Crippen molar-refractivity contribution in [2.24, 2.45) is 7.05 Å². The fraction of sp³-hybridized carbons (Fsp3) is 0.0400. The highest BCUT2D eigenvalue weighted by Gasteiger charge is 2.20. The summed E-state index contributed by atoms with van der Waals surface area (Å²) < 4.78 is 2.10. The van der Waals surface area contributed by atoms with Crippen LogP contribution in [0, 0.1) is 0 Å². The minimum atomic E-state index is 0.834. The highest BCUT2D eigenvalue weighted by Crippen LogP contribution is 2.35. The van der Waals surface area contributed by atoms with Crippen LogP contribution in [0.25, 0.3) is 65.7 Å². The molecule has 0 aliphatic heterocycles. The summed E-state index contributed by atoms with van der Waals surface area (Å²) in [7, 11) is 2.04. The zero-order chi connectivity index (χ0) is 20.5. The molecule has 144 valence electrons. The number of hydrogen-bond donors (Lipinski definition) is 0. The predicted molar refractivity (Wildman–Crippen MR) is 122 cm³/mol. The minimum Gasteiger partial charge on any atom is -0.254 e. The van der Waals surface area contributed by atoms with E-state index in [4.69, 9.17) is 15.0 Å². The summed E-state index contributed by atoms with van der Waals surface area (Å²) in [6.07, 6.45) is 7.46. The lowest BCUT2D eigenvalue weighted by atomic mass is 10.0. The molecule has 0 spiro atoms. The van der Waals surface area contributed by atoms with Gasteiger partial charge in [0.25, 0.3) is 0 Å². The Kier molecular flexibility index (Phi) is 3.11. The number of aromatic nitrogens is 6. The molecule has 0 bridgehead atoms. The first-order valence-corrected chi connectivity index (χ1v) is 10.1. The molecular formula is C25H15N6+. The van der Waals surface area contributed by atoms with Crippen molar-refractivity contribution in [1.29, 1.82) is 0 Å². The molecule has 0 fully saturated rings. The molecule has 0 atom stereocenters. The zero-order valence-electron chi connectivity index (χ0n) is 16.6. The Labute approximate surface area is 175 Å². The van der Waals surface area contributed by atoms with Gasteiger partial charge in [0.05, 0.1) is 33.0 Å². The topological polar surface area (TPSA) is 68.3 Å². The van der Waals surface area contributed by atoms with Crippen LogP contribution in [0.4, 0.5) is 0 Å². The molecule has 5 aromatic heterocycles. The van der Waals surface area contributed by atoms with Gasteiger partial charge in [-0.15, -0.1) is 0 Å². The first kappa shape index (κ1) is 16.5. The molecule has 0 amide bonds. The van der Waals surface area contributed by atoms with Crippen LogP contribution >= 0.6 is 0 Å². The van der Waals surface area contributed by atoms with Gasteiger partial charge < -0.3 is 0 Å². The van der Waals surface area contributed by atoms with Crippen LogP contribution in [0.1, 0.15) is 0 Å². The summed E-state index contributed by atoms with van der Waals surface area (Å²) in [4.78, 5) is 24.3. The van der Waals surface area contributed by atoms with Crippen molar-refractivity contribution in [3.8, 4) is 0 Å². The second-order valence-corrected chi connectivity index (χ2v) is 7.70. The summed E-state index contributed by atoms with van der Waals surface area (Å²) in [6, 6.07) is 16.1. The average molecular weight is 399 g/mol. The number of benzene rings is 2. The summed E-state index contributed by atoms with van der Waals surface area (Å²) in [5.74, 6) is 0. The highest BCUT2D eigenvalue weighted by atomic mass is 14.9. The lowest BCUT2D eigenvalue weighted by Crippen LogP contribution is -2.28. The third kappa shape index (κ3) is 2.11. The van der Waals surface area contributed by atoms with E-state index in [1.54, 1.807) is 12.4 Å². The number of rotatable bonds is 0. The Hall–Kier alpha value is -4.32. The predicted octanol–water partition coefficient (Wildman–Crippen LogP) is 4.41. The molecule has 0 radical (unpaired) electrons. The van der Waals surface area contributed by atoms with Crippen molar-refractivity contribution < 1.29 is 4.57 Å². The largest absolute Gasteiger partial charge is 0.254 e. The summed E-state index contributed by atoms with van der Waals surface area (Å²) >= 11 is 0. The third-order valence-electron chi connectivity index (χ3n) is 5.97. The maximum Gasteiger partial charge on any atom is 0.241 e. The molecule has 7 rings (SSSR count). The summed E-state index contributed by atoms with van der Waals surface area (Å²) in [5, 5.41) is 3.93. The molecule has 6 nitrogen and oxygen atoms in total. The SMILES string of the molecule is C[n+]1cccc2c3nc4c5cccnc5c5ncccc5c4nc3c3cccnc3c21. The Morgan fingerprint density at radius 1 is 0.516 bits per heavy atom. The van der Waals surface area contributed by atoms with Gasteiger partial charge in [-0.05, 0) is 42.5 Å². The smallest absolute Gasteiger partial charge is 0.241 e. The molecule has 31 heavy (non-hydrogen) atoms. The molecule has 6 heteroatoms. The molecule has 0 aliphatic rings. The van der Waals surface area contributed by atoms with Crippen molar-refractivity contribution in [2.75, 3.05) is 0 Å². The number of aryl methyl sites for hydroxylation is 1. The Bertz CT molecular complexity index is 1860. The van der Waals surface area contributed by atoms with Crippen LogP contribution in [0.2, 0.25) is 0 Å². The van der Waals surface area contributed by atoms with E-state index in [0.29, 0.717) is 0 Å². The van der Waals surface area contributed by atoms with Gasteiger partial charge in [0.2, 0.25) is 5.52 Å². The average Bonchev–Trinajstić information content (AvgIpc) is 2.83. The fourth-order valence-corrected chi connectivity index (χ4v) is 4.64. The van der Waals surface area contributed by atoms with Gasteiger partial charge in [0.1, 0.15) is 18.1 Å². The van der Waals surface area contributed by atoms with Crippen LogP contribution in [-0.4, -0.2) is 24.9 Å². The Morgan fingerprint density at radius 3 is 1.55 bits per heavy atom. The van der Waals surface area contributed by atoms with Crippen molar-refractivity contribution >= 4 is 65.7 Å². The summed E-state index contributed by atoms with van der Waals surface area (Å²) in [6.45, 7) is 0. The number of nitrogens with zero attached hydrogens (tertiary/aromatic N) is 6. The van der Waals surface area contributed by atoms with Gasteiger partial charge in [-0.1, -0.05) is 0 Å². The molecule has 5 heterocycles. The third-order valence-corrected chi connectivity index (χ3v) is 5.97. The monoisotopic (exact) mass is 399 g/mol. The quantitative estimate of drug-likeness (QED) is 0.215. The van der Waals surface area contributed by atoms with Gasteiger partial charge >= 0.3 is 0 Å². The van der Waals surface area contributed by atoms with Gasteiger partial charge in [-0.25, -0.2) is 15.0 Å². The molecule has 0 saturated heterocycles. The number of pyridine rings is 4. The highest BCUT2D eigenvalue weighted by molar-refractivity contribution is 6.25. The summed E-state index contributed by atoms with van der Waals surface area (Å²) in [5.41, 5.74) is 7.05. The fourth-order valence-electron chi connectivity index (χ4n) is 4.64. The molecule has 7 aromatic rings. The van der Waals surface area contributed by atoms with E-state index in [1.165, 1.54) is 0 Å². The lowest BCUT2D eigenvalue weighted by molar-refractivity contribution is -0.644. The van der Waals surface area contributed by atoms with Crippen molar-refractivity contribution in [3.63, 3.8) is 0 Å². The molecular weight excluding hydrogens is 384 g/mol. The first-order valence-electron chi connectivity index (χ1n) is 10.1. The molecule has 0 N–H and O–H groups in total. The molecule has 0 unspecified atom stereocenters. The Morgan fingerprint density at radius 2 is 0.968 bits per heavy atom. The van der Waals surface area contributed by atoms with E-state index >= 15 is 0 Å². The van der Waals surface area contributed by atoms with Crippen LogP contribution < -0.4 is 4.57 Å². The number of hydrogen-bond acceptors (Lipinski definition) is 5. The maximum absolute atomic E-state index is 5.20. The normalized spacial score (nSPS) is 12.0. The van der Waals surface area contributed by atoms with Gasteiger partial charge in [-0.3, -0.25) is 9.97 Å². The second-order valence-electron chi connectivity index (χ2n) is 7.70. The van der Waals surface area contributed by atoms with Crippen LogP contribution in [0.5, 0.6) is 0 Å². The van der Waals surface area contributed by atoms with Gasteiger partial charge in [-0.2, -0.15) is 4.57 Å². The van der Waals surface area contributed by atoms with Crippen LogP contribution in [0.15, 0.2) is 73.3 Å². The molecule has 0 saturated carbocycles. The van der Waals surface area contributed by atoms with Gasteiger partial charge in [0.15, 0.2) is 6.20 Å². The standard InChI is InChI=1S/C25H15N6/c1-31-13-5-9-17-23-22(16-8-4-12-28-24(16)25(17)31)29-20-14-6-2-10-26-18(14)19-15(21(20)30-23)7-3-11-27-19/h2-13H,1H3/q+1. The van der Waals surface area contributed by atoms with E-state index in [2.05, 4.69) is 26.7 Å². The van der Waals surface area contributed by atoms with E-state index in [9.17, 15) is 0 Å². The van der Waals surface area contributed by atoms with Gasteiger partial charge in [0, 0.05) is 40.8 Å². The van der Waals surface area contributed by atoms with Crippen LogP contribution in [0.3, 0.4) is 0 Å². The molecule has 2 aromatic carbocycles. The van der Waals surface area contributed by atoms with Crippen LogP contribution in [-0.2, 0) is 7.05 Å². The lowest BCUT2D eigenvalue weighted by Gasteiger charge is -2.11. The van der Waals surface area contributed by atoms with Crippen molar-refractivity contribution in [1.82, 2.24) is 24.9 Å². The maximum atomic E-state index is 5.20. The van der Waals surface area contributed by atoms with Crippen molar-refractivity contribution in [3.05, 3.63) is 73.3 Å². The molecule has 0 aliphatic carbocycles. The van der Waals surface area contributed by atoms with E-state index in [1.807, 2.05) is 55.8 Å². The van der Waals surface area contributed by atoms with E-state index in [-0.39, 0.29) is 0 Å². The van der Waals surface area contributed by atoms with E-state index < -0.39 is 0 Å². The van der Waals surface area contributed by atoms with E-state index in [0.717, 1.165) is 65.7 Å². The number of fused-ring (bicyclic) bond motifs is 12. The van der Waals surface area contributed by atoms with Crippen molar-refractivity contribution in [2.45, 2.75) is 0 Å². The Balaban J connectivity index is 1.86. The zero-order valence-corrected chi connectivity index (χ0v) is 16.6. The minimum absolute atomic E-state index is 0.834. The first-order chi connectivity index (χ1) is 15.3.